The second-order valence-corrected chi connectivity index (χ2v) is 4.06. The van der Waals surface area contributed by atoms with E-state index in [1.54, 1.807) is 24.0 Å². The van der Waals surface area contributed by atoms with E-state index in [-0.39, 0.29) is 5.82 Å². The van der Waals surface area contributed by atoms with Crippen LogP contribution in [0.15, 0.2) is 18.3 Å². The molecule has 0 saturated carbocycles. The van der Waals surface area contributed by atoms with E-state index in [1.807, 2.05) is 6.92 Å². The molecule has 4 nitrogen and oxygen atoms in total. The molecule has 0 aliphatic carbocycles. The number of methoxy groups -OCH3 is 1. The van der Waals surface area contributed by atoms with E-state index in [2.05, 4.69) is 5.10 Å². The predicted octanol–water partition coefficient (Wildman–Crippen LogP) is 2.38. The number of rotatable bonds is 3. The standard InChI is InChI=1S/C13H16FN3O/c1-4-8-5-9(12(18-3)6-11(8)14)10-7-16-17(2)13(10)15/h5-7H,4,15H2,1-3H3. The number of anilines is 1. The molecule has 96 valence electrons. The first-order chi connectivity index (χ1) is 8.58. The van der Waals surface area contributed by atoms with Gasteiger partial charge in [-0.25, -0.2) is 4.39 Å². The maximum atomic E-state index is 13.7. The molecule has 0 aliphatic heterocycles. The first kappa shape index (κ1) is 12.4. The summed E-state index contributed by atoms with van der Waals surface area (Å²) in [6.45, 7) is 1.90. The highest BCUT2D eigenvalue weighted by Gasteiger charge is 2.15. The van der Waals surface area contributed by atoms with Crippen LogP contribution in [0.5, 0.6) is 5.75 Å². The van der Waals surface area contributed by atoms with Crippen LogP contribution < -0.4 is 10.5 Å². The van der Waals surface area contributed by atoms with E-state index in [4.69, 9.17) is 10.5 Å². The van der Waals surface area contributed by atoms with Crippen LogP contribution in [-0.4, -0.2) is 16.9 Å². The van der Waals surface area contributed by atoms with Crippen LogP contribution in [0.1, 0.15) is 12.5 Å². The van der Waals surface area contributed by atoms with Gasteiger partial charge in [0.15, 0.2) is 0 Å². The minimum atomic E-state index is -0.263. The third-order valence-electron chi connectivity index (χ3n) is 3.02. The Hall–Kier alpha value is -2.04. The Morgan fingerprint density at radius 2 is 2.11 bits per heavy atom. The fourth-order valence-electron chi connectivity index (χ4n) is 1.90. The predicted molar refractivity (Wildman–Crippen MR) is 68.9 cm³/mol. The number of hydrogen-bond acceptors (Lipinski definition) is 3. The first-order valence-corrected chi connectivity index (χ1v) is 5.72. The Kier molecular flexibility index (Phi) is 3.23. The lowest BCUT2D eigenvalue weighted by molar-refractivity contribution is 0.412. The van der Waals surface area contributed by atoms with Crippen molar-refractivity contribution in [2.24, 2.45) is 7.05 Å². The monoisotopic (exact) mass is 249 g/mol. The maximum absolute atomic E-state index is 13.7. The van der Waals surface area contributed by atoms with Crippen LogP contribution in [0.25, 0.3) is 11.1 Å². The van der Waals surface area contributed by atoms with Gasteiger partial charge in [0.25, 0.3) is 0 Å². The number of hydrogen-bond donors (Lipinski definition) is 1. The van der Waals surface area contributed by atoms with E-state index >= 15 is 0 Å². The number of nitrogen functional groups attached to an aromatic ring is 1. The molecule has 0 unspecified atom stereocenters. The average Bonchev–Trinajstić information content (AvgIpc) is 2.70. The lowest BCUT2D eigenvalue weighted by atomic mass is 10.0. The number of nitrogens with zero attached hydrogens (tertiary/aromatic N) is 2. The Morgan fingerprint density at radius 3 is 2.61 bits per heavy atom. The van der Waals surface area contributed by atoms with Gasteiger partial charge in [-0.1, -0.05) is 6.92 Å². The summed E-state index contributed by atoms with van der Waals surface area (Å²) in [7, 11) is 3.27. The normalized spacial score (nSPS) is 10.7. The zero-order valence-corrected chi connectivity index (χ0v) is 10.7. The Bertz CT molecular complexity index is 578. The van der Waals surface area contributed by atoms with Crippen LogP contribution in [0.3, 0.4) is 0 Å². The van der Waals surface area contributed by atoms with Gasteiger partial charge in [0.05, 0.1) is 13.3 Å². The third kappa shape index (κ3) is 1.92. The molecule has 1 aromatic carbocycles. The molecule has 0 spiro atoms. The molecular formula is C13H16FN3O. The number of benzene rings is 1. The van der Waals surface area contributed by atoms with Gasteiger partial charge in [0, 0.05) is 24.2 Å². The summed E-state index contributed by atoms with van der Waals surface area (Å²) in [4.78, 5) is 0. The van der Waals surface area contributed by atoms with E-state index in [0.717, 1.165) is 11.1 Å². The first-order valence-electron chi connectivity index (χ1n) is 5.72. The highest BCUT2D eigenvalue weighted by Crippen LogP contribution is 2.35. The highest BCUT2D eigenvalue weighted by atomic mass is 19.1. The van der Waals surface area contributed by atoms with E-state index < -0.39 is 0 Å². The Morgan fingerprint density at radius 1 is 1.39 bits per heavy atom. The van der Waals surface area contributed by atoms with Crippen molar-refractivity contribution in [1.82, 2.24) is 9.78 Å². The molecule has 2 rings (SSSR count). The van der Waals surface area contributed by atoms with Crippen molar-refractivity contribution < 1.29 is 9.13 Å². The molecule has 1 heterocycles. The summed E-state index contributed by atoms with van der Waals surface area (Å²) in [5.41, 5.74) is 8.09. The third-order valence-corrected chi connectivity index (χ3v) is 3.02. The maximum Gasteiger partial charge on any atom is 0.130 e. The van der Waals surface area contributed by atoms with Crippen LogP contribution in [0.4, 0.5) is 10.2 Å². The molecule has 18 heavy (non-hydrogen) atoms. The summed E-state index contributed by atoms with van der Waals surface area (Å²) >= 11 is 0. The number of nitrogens with two attached hydrogens (primary N) is 1. The van der Waals surface area contributed by atoms with Gasteiger partial charge in [-0.05, 0) is 18.1 Å². The van der Waals surface area contributed by atoms with E-state index in [0.29, 0.717) is 23.6 Å². The lowest BCUT2D eigenvalue weighted by Gasteiger charge is -2.11. The second kappa shape index (κ2) is 4.68. The van der Waals surface area contributed by atoms with Crippen LogP contribution in [0.2, 0.25) is 0 Å². The minimum absolute atomic E-state index is 0.263. The van der Waals surface area contributed by atoms with Crippen LogP contribution in [0, 0.1) is 5.82 Å². The number of halogens is 1. The van der Waals surface area contributed by atoms with Gasteiger partial charge in [-0.3, -0.25) is 4.68 Å². The fraction of sp³-hybridized carbons (Fsp3) is 0.308. The second-order valence-electron chi connectivity index (χ2n) is 4.06. The fourth-order valence-corrected chi connectivity index (χ4v) is 1.90. The molecule has 0 aliphatic rings. The average molecular weight is 249 g/mol. The molecule has 0 amide bonds. The molecule has 0 atom stereocenters. The molecule has 1 aromatic heterocycles. The van der Waals surface area contributed by atoms with Gasteiger partial charge in [-0.15, -0.1) is 0 Å². The summed E-state index contributed by atoms with van der Waals surface area (Å²) < 4.78 is 20.5. The molecule has 0 radical (unpaired) electrons. The Labute approximate surface area is 105 Å². The van der Waals surface area contributed by atoms with Gasteiger partial charge in [-0.2, -0.15) is 5.10 Å². The summed E-state index contributed by atoms with van der Waals surface area (Å²) in [6, 6.07) is 3.15. The highest BCUT2D eigenvalue weighted by molar-refractivity contribution is 5.78. The van der Waals surface area contributed by atoms with Gasteiger partial charge >= 0.3 is 0 Å². The summed E-state index contributed by atoms with van der Waals surface area (Å²) in [5, 5.41) is 4.09. The number of aryl methyl sites for hydroxylation is 2. The van der Waals surface area contributed by atoms with Gasteiger partial charge < -0.3 is 10.5 Å². The van der Waals surface area contributed by atoms with Crippen molar-refractivity contribution in [1.29, 1.82) is 0 Å². The van der Waals surface area contributed by atoms with Crippen molar-refractivity contribution in [2.75, 3.05) is 12.8 Å². The van der Waals surface area contributed by atoms with Crippen molar-refractivity contribution >= 4 is 5.82 Å². The molecule has 2 aromatic rings. The summed E-state index contributed by atoms with van der Waals surface area (Å²) in [5.74, 6) is 0.729. The molecule has 0 fully saturated rings. The van der Waals surface area contributed by atoms with Crippen molar-refractivity contribution in [3.8, 4) is 16.9 Å². The molecule has 0 bridgehead atoms. The summed E-state index contributed by atoms with van der Waals surface area (Å²) in [6.07, 6.45) is 2.27. The van der Waals surface area contributed by atoms with Gasteiger partial charge in [0.2, 0.25) is 0 Å². The zero-order chi connectivity index (χ0) is 13.3. The van der Waals surface area contributed by atoms with E-state index in [1.165, 1.54) is 13.2 Å². The number of ether oxygens (including phenoxy) is 1. The van der Waals surface area contributed by atoms with Crippen LogP contribution >= 0.6 is 0 Å². The van der Waals surface area contributed by atoms with Crippen molar-refractivity contribution in [3.05, 3.63) is 29.7 Å². The van der Waals surface area contributed by atoms with E-state index in [9.17, 15) is 4.39 Å². The minimum Gasteiger partial charge on any atom is -0.496 e. The zero-order valence-electron chi connectivity index (χ0n) is 10.7. The SMILES string of the molecule is CCc1cc(-c2cnn(C)c2N)c(OC)cc1F. The van der Waals surface area contributed by atoms with Crippen molar-refractivity contribution in [3.63, 3.8) is 0 Å². The van der Waals surface area contributed by atoms with Gasteiger partial charge in [0.1, 0.15) is 17.4 Å². The smallest absolute Gasteiger partial charge is 0.130 e. The molecule has 5 heteroatoms. The lowest BCUT2D eigenvalue weighted by Crippen LogP contribution is -1.99. The topological polar surface area (TPSA) is 53.1 Å². The van der Waals surface area contributed by atoms with Crippen molar-refractivity contribution in [2.45, 2.75) is 13.3 Å². The molecule has 0 saturated heterocycles. The molecule has 2 N–H and O–H groups in total. The van der Waals surface area contributed by atoms with Crippen LogP contribution in [-0.2, 0) is 13.5 Å². The quantitative estimate of drug-likeness (QED) is 0.908. The Balaban J connectivity index is 2.65. The largest absolute Gasteiger partial charge is 0.496 e. The number of aromatic nitrogens is 2. The molecular weight excluding hydrogens is 233 g/mol.